The molecule has 0 aliphatic heterocycles. The number of hydrogen-bond donors (Lipinski definition) is 1. The van der Waals surface area contributed by atoms with Crippen molar-refractivity contribution in [2.75, 3.05) is 6.61 Å². The predicted molar refractivity (Wildman–Crippen MR) is 29.7 cm³/mol. The number of rotatable bonds is 2. The molecule has 13 heavy (non-hydrogen) atoms. The molecule has 0 aliphatic rings. The van der Waals surface area contributed by atoms with E-state index in [0.29, 0.717) is 6.61 Å². The highest BCUT2D eigenvalue weighted by atomic mass is 17.1. The van der Waals surface area contributed by atoms with E-state index in [1.165, 1.54) is 0 Å². The molecule has 0 unspecified atom stereocenters. The van der Waals surface area contributed by atoms with Crippen molar-refractivity contribution in [2.45, 2.75) is 13.3 Å². The lowest BCUT2D eigenvalue weighted by Gasteiger charge is -1.96. The molecule has 0 atom stereocenters. The third-order valence-electron chi connectivity index (χ3n) is 0.295. The van der Waals surface area contributed by atoms with Gasteiger partial charge in [0, 0.05) is 0 Å². The van der Waals surface area contributed by atoms with Crippen LogP contribution in [0.3, 0.4) is 0 Å². The van der Waals surface area contributed by atoms with Gasteiger partial charge >= 0.3 is 0 Å². The van der Waals surface area contributed by atoms with E-state index in [1.54, 1.807) is 0 Å². The quantitative estimate of drug-likeness (QED) is 0.345. The van der Waals surface area contributed by atoms with Crippen molar-refractivity contribution in [3.8, 4) is 0 Å². The second kappa shape index (κ2) is 16.8. The summed E-state index contributed by atoms with van der Waals surface area (Å²) in [4.78, 5) is 20.4. The third-order valence-corrected chi connectivity index (χ3v) is 0.295. The van der Waals surface area contributed by atoms with E-state index in [4.69, 9.17) is 35.3 Å². The van der Waals surface area contributed by atoms with Gasteiger partial charge in [-0.1, -0.05) is 6.92 Å². The van der Waals surface area contributed by atoms with Crippen LogP contribution in [0.1, 0.15) is 13.3 Å². The molecule has 0 fully saturated rings. The molecule has 0 rings (SSSR count). The summed E-state index contributed by atoms with van der Waals surface area (Å²) in [5.41, 5.74) is 0. The average Bonchev–Trinajstić information content (AvgIpc) is 1.86. The first-order valence-corrected chi connectivity index (χ1v) is 2.90. The number of carbonyl (C=O) groups is 2. The number of hydrogen-bond acceptors (Lipinski definition) is 8. The van der Waals surface area contributed by atoms with Crippen LogP contribution in [-0.4, -0.2) is 24.2 Å². The Morgan fingerprint density at radius 2 is 1.38 bits per heavy atom. The van der Waals surface area contributed by atoms with E-state index in [9.17, 15) is 0 Å². The number of carboxylic acid groups (broad SMARTS) is 4. The zero-order valence-corrected chi connectivity index (χ0v) is 6.72. The van der Waals surface area contributed by atoms with E-state index in [-0.39, 0.29) is 0 Å². The van der Waals surface area contributed by atoms with Crippen LogP contribution in [0.4, 0.5) is 9.59 Å². The Balaban J connectivity index is -0.000000117. The van der Waals surface area contributed by atoms with Gasteiger partial charge < -0.3 is 30.0 Å². The van der Waals surface area contributed by atoms with Crippen LogP contribution in [0.2, 0.25) is 0 Å². The molecule has 1 N–H and O–H groups in total. The largest absolute Gasteiger partial charge is 0.652 e. The maximum atomic E-state index is 8.33. The fraction of sp³-hybridized carbons (Fsp3) is 0.600. The van der Waals surface area contributed by atoms with Crippen molar-refractivity contribution < 1.29 is 40.2 Å². The Hall–Kier alpha value is -1.54. The Labute approximate surface area is 73.5 Å². The SMILES string of the molecule is CCCOO.O=C([O-])[O-].O=C([O-])[O-]. The summed E-state index contributed by atoms with van der Waals surface area (Å²) >= 11 is 0. The minimum absolute atomic E-state index is 0.444. The van der Waals surface area contributed by atoms with Gasteiger partial charge in [-0.2, -0.15) is 0 Å². The van der Waals surface area contributed by atoms with Gasteiger partial charge in [0.15, 0.2) is 0 Å². The monoisotopic (exact) mass is 196 g/mol. The van der Waals surface area contributed by atoms with Gasteiger partial charge in [0.05, 0.1) is 6.61 Å². The molecule has 0 bridgehead atoms. The Bertz CT molecular complexity index is 99.7. The zero-order valence-electron chi connectivity index (χ0n) is 6.72. The van der Waals surface area contributed by atoms with Gasteiger partial charge in [-0.05, 0) is 18.7 Å². The molecule has 0 heterocycles. The van der Waals surface area contributed by atoms with Crippen LogP contribution in [-0.2, 0) is 4.89 Å². The summed E-state index contributed by atoms with van der Waals surface area (Å²) in [6.45, 7) is 2.37. The fourth-order valence-electron chi connectivity index (χ4n) is 0.0913. The van der Waals surface area contributed by atoms with E-state index < -0.39 is 12.3 Å². The van der Waals surface area contributed by atoms with Crippen molar-refractivity contribution in [1.29, 1.82) is 0 Å². The predicted octanol–water partition coefficient (Wildman–Crippen LogP) is -4.01. The van der Waals surface area contributed by atoms with Crippen LogP contribution in [0.25, 0.3) is 0 Å². The lowest BCUT2D eigenvalue weighted by Crippen LogP contribution is -2.37. The third kappa shape index (κ3) is 3540. The van der Waals surface area contributed by atoms with Gasteiger partial charge in [0.2, 0.25) is 0 Å². The van der Waals surface area contributed by atoms with Crippen molar-refractivity contribution >= 4 is 12.3 Å². The van der Waals surface area contributed by atoms with Crippen molar-refractivity contribution in [3.63, 3.8) is 0 Å². The topological polar surface area (TPSA) is 156 Å². The fourth-order valence-corrected chi connectivity index (χ4v) is 0.0913. The van der Waals surface area contributed by atoms with Crippen molar-refractivity contribution in [1.82, 2.24) is 0 Å². The summed E-state index contributed by atoms with van der Waals surface area (Å²) in [6.07, 6.45) is -3.80. The minimum atomic E-state index is -2.33. The molecule has 0 saturated heterocycles. The van der Waals surface area contributed by atoms with Crippen LogP contribution >= 0.6 is 0 Å². The van der Waals surface area contributed by atoms with Crippen LogP contribution in [0.5, 0.6) is 0 Å². The normalized spacial score (nSPS) is 6.92. The summed E-state index contributed by atoms with van der Waals surface area (Å²) in [5, 5.41) is 40.9. The molecule has 0 aromatic heterocycles. The number of carbonyl (C=O) groups excluding carboxylic acids is 2. The van der Waals surface area contributed by atoms with Crippen LogP contribution in [0.15, 0.2) is 0 Å². The second-order valence-corrected chi connectivity index (χ2v) is 1.33. The van der Waals surface area contributed by atoms with Gasteiger partial charge in [0.1, 0.15) is 0 Å². The molecule has 0 radical (unpaired) electrons. The van der Waals surface area contributed by atoms with E-state index >= 15 is 0 Å². The van der Waals surface area contributed by atoms with Crippen molar-refractivity contribution in [2.24, 2.45) is 0 Å². The molecule has 0 saturated carbocycles. The lowest BCUT2D eigenvalue weighted by molar-refractivity contribution is -0.417. The van der Waals surface area contributed by atoms with E-state index in [1.807, 2.05) is 6.92 Å². The molecule has 0 amide bonds. The van der Waals surface area contributed by atoms with E-state index in [2.05, 4.69) is 4.89 Å². The Kier molecular flexibility index (Phi) is 22.7. The first kappa shape index (κ1) is 17.5. The Morgan fingerprint density at radius 3 is 1.38 bits per heavy atom. The van der Waals surface area contributed by atoms with Gasteiger partial charge in [-0.15, -0.1) is 0 Å². The van der Waals surface area contributed by atoms with Crippen molar-refractivity contribution in [3.05, 3.63) is 0 Å². The minimum Gasteiger partial charge on any atom is -0.652 e. The van der Waals surface area contributed by atoms with Gasteiger partial charge in [0.25, 0.3) is 0 Å². The first-order valence-electron chi connectivity index (χ1n) is 2.90. The molecule has 0 aromatic rings. The smallest absolute Gasteiger partial charge is 0.0817 e. The van der Waals surface area contributed by atoms with Gasteiger partial charge in [-0.3, -0.25) is 5.26 Å². The maximum absolute atomic E-state index is 8.33. The molecule has 8 nitrogen and oxygen atoms in total. The van der Waals surface area contributed by atoms with E-state index in [0.717, 1.165) is 6.42 Å². The summed E-state index contributed by atoms with van der Waals surface area (Å²) in [6, 6.07) is 0. The highest BCUT2D eigenvalue weighted by Gasteiger charge is 1.68. The summed E-state index contributed by atoms with van der Waals surface area (Å²) < 4.78 is 0. The average molecular weight is 196 g/mol. The highest BCUT2D eigenvalue weighted by molar-refractivity contribution is 5.47. The molecule has 0 spiro atoms. The highest BCUT2D eigenvalue weighted by Crippen LogP contribution is 1.70. The molecule has 8 heteroatoms. The summed E-state index contributed by atoms with van der Waals surface area (Å²) in [7, 11) is 0. The zero-order chi connectivity index (χ0) is 11.3. The molecule has 80 valence electrons. The summed E-state index contributed by atoms with van der Waals surface area (Å²) in [5.74, 6) is 0. The molecule has 0 aliphatic carbocycles. The molecular formula is C5H8O8-4. The molecular weight excluding hydrogens is 188 g/mol. The molecule has 0 aromatic carbocycles. The maximum Gasteiger partial charge on any atom is 0.0817 e. The Morgan fingerprint density at radius 1 is 1.15 bits per heavy atom. The first-order chi connectivity index (χ1) is 5.88. The second-order valence-electron chi connectivity index (χ2n) is 1.33. The van der Waals surface area contributed by atoms with Crippen LogP contribution in [0, 0.1) is 0 Å². The van der Waals surface area contributed by atoms with Crippen LogP contribution < -0.4 is 20.4 Å². The van der Waals surface area contributed by atoms with Gasteiger partial charge in [-0.25, -0.2) is 4.89 Å². The standard InChI is InChI=1S/C3H8O2.2CH2O3/c1-2-3-5-4;2*2-1(3)4/h4H,2-3H2,1H3;2*(H2,2,3,4)/p-4. The lowest BCUT2D eigenvalue weighted by atomic mass is 10.5.